The highest BCUT2D eigenvalue weighted by molar-refractivity contribution is 7.26. The van der Waals surface area contributed by atoms with Gasteiger partial charge in [0.25, 0.3) is 0 Å². The lowest BCUT2D eigenvalue weighted by atomic mass is 9.96. The number of halogens is 1. The summed E-state index contributed by atoms with van der Waals surface area (Å²) < 4.78 is 22.2. The highest BCUT2D eigenvalue weighted by Crippen LogP contribution is 2.43. The van der Waals surface area contributed by atoms with E-state index >= 15 is 4.39 Å². The van der Waals surface area contributed by atoms with Crippen molar-refractivity contribution in [3.05, 3.63) is 108 Å². The van der Waals surface area contributed by atoms with E-state index < -0.39 is 0 Å². The maximum atomic E-state index is 15.4. The van der Waals surface area contributed by atoms with Crippen molar-refractivity contribution in [2.45, 2.75) is 20.8 Å². The van der Waals surface area contributed by atoms with Gasteiger partial charge in [-0.15, -0.1) is 11.3 Å². The van der Waals surface area contributed by atoms with Crippen LogP contribution in [0.15, 0.2) is 85.1 Å². The predicted octanol–water partition coefficient (Wildman–Crippen LogP) is 8.71. The number of rotatable bonds is 2. The number of nitrogens with zero attached hydrogens (tertiary/aromatic N) is 2. The molecule has 180 valence electrons. The van der Waals surface area contributed by atoms with Crippen molar-refractivity contribution in [1.29, 1.82) is 0 Å². The molecule has 0 saturated heterocycles. The molecule has 7 aromatic rings. The van der Waals surface area contributed by atoms with Crippen molar-refractivity contribution in [3.8, 4) is 16.9 Å². The maximum Gasteiger partial charge on any atom is 0.230 e. The van der Waals surface area contributed by atoms with E-state index in [-0.39, 0.29) is 5.82 Å². The Morgan fingerprint density at radius 3 is 2.35 bits per heavy atom. The number of hydrogen-bond acceptors (Lipinski definition) is 1. The van der Waals surface area contributed by atoms with Gasteiger partial charge in [-0.05, 0) is 56.2 Å². The minimum absolute atomic E-state index is 0.204. The summed E-state index contributed by atoms with van der Waals surface area (Å²) in [7, 11) is 2.12. The second-order valence-corrected chi connectivity index (χ2v) is 11.0. The number of benzene rings is 4. The van der Waals surface area contributed by atoms with Crippen LogP contribution in [-0.4, -0.2) is 4.57 Å². The van der Waals surface area contributed by atoms with Gasteiger partial charge in [0, 0.05) is 27.6 Å². The van der Waals surface area contributed by atoms with Crippen LogP contribution >= 0.6 is 11.3 Å². The van der Waals surface area contributed by atoms with Gasteiger partial charge < -0.3 is 4.57 Å². The Hall–Kier alpha value is -4.02. The second kappa shape index (κ2) is 7.99. The molecule has 0 spiro atoms. The molecule has 3 aromatic heterocycles. The maximum absolute atomic E-state index is 15.4. The van der Waals surface area contributed by atoms with Crippen molar-refractivity contribution in [1.82, 2.24) is 4.57 Å². The zero-order valence-corrected chi connectivity index (χ0v) is 22.1. The van der Waals surface area contributed by atoms with Crippen LogP contribution in [0.25, 0.3) is 58.9 Å². The summed E-state index contributed by atoms with van der Waals surface area (Å²) in [4.78, 5) is 0. The summed E-state index contributed by atoms with van der Waals surface area (Å²) in [5, 5.41) is 4.43. The molecule has 0 N–H and O–H groups in total. The summed E-state index contributed by atoms with van der Waals surface area (Å²) in [6.07, 6.45) is 2.16. The van der Waals surface area contributed by atoms with Crippen LogP contribution in [0.4, 0.5) is 4.39 Å². The van der Waals surface area contributed by atoms with E-state index in [0.717, 1.165) is 26.7 Å². The Bertz CT molecular complexity index is 2040. The Balaban J connectivity index is 1.63. The molecular formula is C33H26FN2S+. The standard InChI is InChI=1S/C33H26FN2S/c1-19-17-20(2)21(3)26(18-19)31-33-25(15-16-35(31)4)24-11-8-14-29(32(24)37-33)36-28-13-6-5-9-22(28)23-10-7-12-27(34)30(23)36/h5-18H,1-4H3/q+1. The molecule has 0 amide bonds. The monoisotopic (exact) mass is 501 g/mol. The topological polar surface area (TPSA) is 8.81 Å². The number of aryl methyl sites for hydroxylation is 3. The first kappa shape index (κ1) is 22.2. The largest absolute Gasteiger partial charge is 0.305 e. The first-order valence-electron chi connectivity index (χ1n) is 12.5. The second-order valence-electron chi connectivity index (χ2n) is 10.0. The molecule has 0 bridgehead atoms. The average Bonchev–Trinajstić information content (AvgIpc) is 3.43. The van der Waals surface area contributed by atoms with Gasteiger partial charge in [0.15, 0.2) is 6.20 Å². The molecule has 0 aliphatic heterocycles. The van der Waals surface area contributed by atoms with Gasteiger partial charge in [0.1, 0.15) is 17.6 Å². The van der Waals surface area contributed by atoms with E-state index in [1.165, 1.54) is 43.4 Å². The third-order valence-corrected chi connectivity index (χ3v) is 8.97. The summed E-state index contributed by atoms with van der Waals surface area (Å²) in [6, 6.07) is 26.8. The van der Waals surface area contributed by atoms with Gasteiger partial charge in [0.05, 0.1) is 27.0 Å². The van der Waals surface area contributed by atoms with Gasteiger partial charge in [-0.25, -0.2) is 4.39 Å². The molecule has 4 aromatic carbocycles. The van der Waals surface area contributed by atoms with Crippen LogP contribution in [0.2, 0.25) is 0 Å². The molecule has 0 saturated carbocycles. The molecule has 0 unspecified atom stereocenters. The van der Waals surface area contributed by atoms with E-state index in [2.05, 4.69) is 91.7 Å². The average molecular weight is 502 g/mol. The van der Waals surface area contributed by atoms with E-state index in [9.17, 15) is 0 Å². The van der Waals surface area contributed by atoms with E-state index in [4.69, 9.17) is 0 Å². The lowest BCUT2D eigenvalue weighted by Gasteiger charge is -2.10. The van der Waals surface area contributed by atoms with Gasteiger partial charge in [-0.2, -0.15) is 4.57 Å². The van der Waals surface area contributed by atoms with Gasteiger partial charge >= 0.3 is 0 Å². The van der Waals surface area contributed by atoms with Gasteiger partial charge in [0.2, 0.25) is 5.69 Å². The summed E-state index contributed by atoms with van der Waals surface area (Å²) >= 11 is 1.80. The minimum atomic E-state index is -0.204. The normalized spacial score (nSPS) is 11.9. The molecule has 37 heavy (non-hydrogen) atoms. The van der Waals surface area contributed by atoms with E-state index in [1.54, 1.807) is 23.5 Å². The first-order valence-corrected chi connectivity index (χ1v) is 13.4. The fourth-order valence-corrected chi connectivity index (χ4v) is 7.28. The van der Waals surface area contributed by atoms with Crippen LogP contribution in [0.1, 0.15) is 16.7 Å². The Labute approximate surface area is 218 Å². The Kier molecular flexibility index (Phi) is 4.79. The summed E-state index contributed by atoms with van der Waals surface area (Å²) in [6.45, 7) is 6.56. The Morgan fingerprint density at radius 2 is 1.49 bits per heavy atom. The van der Waals surface area contributed by atoms with Crippen molar-refractivity contribution in [2.24, 2.45) is 7.05 Å². The third-order valence-electron chi connectivity index (χ3n) is 7.72. The lowest BCUT2D eigenvalue weighted by molar-refractivity contribution is -0.659. The molecule has 0 aliphatic carbocycles. The quantitative estimate of drug-likeness (QED) is 0.210. The fourth-order valence-electron chi connectivity index (χ4n) is 5.89. The van der Waals surface area contributed by atoms with Crippen molar-refractivity contribution >= 4 is 53.3 Å². The highest BCUT2D eigenvalue weighted by atomic mass is 32.1. The molecule has 3 heterocycles. The number of aromatic nitrogens is 2. The lowest BCUT2D eigenvalue weighted by Crippen LogP contribution is -2.30. The van der Waals surface area contributed by atoms with Gasteiger partial charge in [-0.1, -0.05) is 54.1 Å². The number of para-hydroxylation sites is 2. The minimum Gasteiger partial charge on any atom is -0.305 e. The van der Waals surface area contributed by atoms with Crippen molar-refractivity contribution < 1.29 is 8.96 Å². The summed E-state index contributed by atoms with van der Waals surface area (Å²) in [5.41, 5.74) is 9.01. The van der Waals surface area contributed by atoms with Crippen molar-refractivity contribution in [3.63, 3.8) is 0 Å². The molecule has 0 fully saturated rings. The number of fused-ring (bicyclic) bond motifs is 6. The predicted molar refractivity (Wildman–Crippen MR) is 154 cm³/mol. The smallest absolute Gasteiger partial charge is 0.230 e. The van der Waals surface area contributed by atoms with Gasteiger partial charge in [-0.3, -0.25) is 0 Å². The van der Waals surface area contributed by atoms with E-state index in [1.807, 2.05) is 18.2 Å². The Morgan fingerprint density at radius 1 is 0.757 bits per heavy atom. The van der Waals surface area contributed by atoms with E-state index in [0.29, 0.717) is 5.52 Å². The molecule has 0 aliphatic rings. The number of thiophene rings is 1. The van der Waals surface area contributed by atoms with Crippen LogP contribution in [0.3, 0.4) is 0 Å². The van der Waals surface area contributed by atoms with Crippen LogP contribution in [0, 0.1) is 26.6 Å². The zero-order valence-electron chi connectivity index (χ0n) is 21.3. The molecule has 0 radical (unpaired) electrons. The van der Waals surface area contributed by atoms with Crippen molar-refractivity contribution in [2.75, 3.05) is 0 Å². The molecule has 4 heteroatoms. The molecular weight excluding hydrogens is 475 g/mol. The number of pyridine rings is 1. The third kappa shape index (κ3) is 3.12. The van der Waals surface area contributed by atoms with Crippen LogP contribution in [0.5, 0.6) is 0 Å². The highest BCUT2D eigenvalue weighted by Gasteiger charge is 2.24. The zero-order chi connectivity index (χ0) is 25.4. The SMILES string of the molecule is Cc1cc(C)c(C)c(-c2c3sc4c(-n5c6ccccc6c6cccc(F)c65)cccc4c3cc[n+]2C)c1. The molecule has 7 rings (SSSR count). The fraction of sp³-hybridized carbons (Fsp3) is 0.121. The summed E-state index contributed by atoms with van der Waals surface area (Å²) in [5.74, 6) is -0.204. The first-order chi connectivity index (χ1) is 17.9. The van der Waals surface area contributed by atoms with Crippen LogP contribution < -0.4 is 4.57 Å². The molecule has 0 atom stereocenters. The van der Waals surface area contributed by atoms with Crippen LogP contribution in [-0.2, 0) is 7.05 Å². The molecule has 2 nitrogen and oxygen atoms in total. The number of hydrogen-bond donors (Lipinski definition) is 0.